The number of hydrogen-bond donors (Lipinski definition) is 0. The van der Waals surface area contributed by atoms with Crippen LogP contribution in [0.25, 0.3) is 0 Å². The van der Waals surface area contributed by atoms with E-state index < -0.39 is 4.87 Å². The van der Waals surface area contributed by atoms with Gasteiger partial charge in [0.25, 0.3) is 0 Å². The third-order valence-electron chi connectivity index (χ3n) is 3.13. The van der Waals surface area contributed by atoms with Gasteiger partial charge < -0.3 is 4.90 Å². The molecule has 0 saturated carbocycles. The highest BCUT2D eigenvalue weighted by Crippen LogP contribution is 2.29. The van der Waals surface area contributed by atoms with Crippen LogP contribution in [0.5, 0.6) is 0 Å². The lowest BCUT2D eigenvalue weighted by Gasteiger charge is -2.30. The van der Waals surface area contributed by atoms with E-state index >= 15 is 0 Å². The number of benzene rings is 1. The van der Waals surface area contributed by atoms with Crippen molar-refractivity contribution in [2.75, 3.05) is 11.4 Å². The highest BCUT2D eigenvalue weighted by molar-refractivity contribution is 6.36. The first-order valence-corrected chi connectivity index (χ1v) is 6.52. The molecule has 0 heterocycles. The van der Waals surface area contributed by atoms with Crippen molar-refractivity contribution in [1.82, 2.24) is 0 Å². The summed E-state index contributed by atoms with van der Waals surface area (Å²) in [5, 5.41) is 0. The standard InChI is InChI=1S/C14H20ClNO/c1-4-14(15,5-2)13(17)16(6-3)12-10-8-7-9-11-12/h7-11H,4-6H2,1-3H3. The predicted octanol–water partition coefficient (Wildman–Crippen LogP) is 3.84. The van der Waals surface area contributed by atoms with Crippen LogP contribution in [-0.2, 0) is 4.79 Å². The van der Waals surface area contributed by atoms with E-state index in [1.807, 2.05) is 51.1 Å². The molecule has 0 bridgehead atoms. The van der Waals surface area contributed by atoms with E-state index in [0.29, 0.717) is 19.4 Å². The van der Waals surface area contributed by atoms with Crippen LogP contribution in [0.4, 0.5) is 5.69 Å². The number of amides is 1. The fraction of sp³-hybridized carbons (Fsp3) is 0.500. The minimum absolute atomic E-state index is 0.00198. The summed E-state index contributed by atoms with van der Waals surface area (Å²) in [6.45, 7) is 6.51. The van der Waals surface area contributed by atoms with E-state index in [9.17, 15) is 4.79 Å². The lowest BCUT2D eigenvalue weighted by Crippen LogP contribution is -2.45. The van der Waals surface area contributed by atoms with E-state index in [1.54, 1.807) is 4.90 Å². The van der Waals surface area contributed by atoms with Crippen LogP contribution in [0.3, 0.4) is 0 Å². The summed E-state index contributed by atoms with van der Waals surface area (Å²) in [7, 11) is 0. The van der Waals surface area contributed by atoms with Crippen LogP contribution >= 0.6 is 11.6 Å². The molecule has 0 atom stereocenters. The number of nitrogens with zero attached hydrogens (tertiary/aromatic N) is 1. The Morgan fingerprint density at radius 1 is 1.18 bits per heavy atom. The smallest absolute Gasteiger partial charge is 0.248 e. The van der Waals surface area contributed by atoms with Crippen molar-refractivity contribution in [3.8, 4) is 0 Å². The van der Waals surface area contributed by atoms with E-state index in [2.05, 4.69) is 0 Å². The van der Waals surface area contributed by atoms with Crippen molar-refractivity contribution in [3.63, 3.8) is 0 Å². The Hall–Kier alpha value is -1.02. The Morgan fingerprint density at radius 2 is 1.71 bits per heavy atom. The molecule has 0 aromatic heterocycles. The molecule has 1 amide bonds. The van der Waals surface area contributed by atoms with Crippen LogP contribution in [0.1, 0.15) is 33.6 Å². The zero-order chi connectivity index (χ0) is 12.9. The third-order valence-corrected chi connectivity index (χ3v) is 3.83. The normalized spacial score (nSPS) is 11.3. The molecule has 0 fully saturated rings. The maximum atomic E-state index is 12.5. The average molecular weight is 254 g/mol. The van der Waals surface area contributed by atoms with E-state index in [1.165, 1.54) is 0 Å². The highest BCUT2D eigenvalue weighted by Gasteiger charge is 2.35. The molecule has 0 aliphatic rings. The number of alkyl halides is 1. The molecule has 17 heavy (non-hydrogen) atoms. The van der Waals surface area contributed by atoms with Gasteiger partial charge in [-0.1, -0.05) is 32.0 Å². The second kappa shape index (κ2) is 6.06. The number of carbonyl (C=O) groups is 1. The van der Waals surface area contributed by atoms with Gasteiger partial charge in [0.05, 0.1) is 0 Å². The molecule has 94 valence electrons. The number of para-hydroxylation sites is 1. The fourth-order valence-corrected chi connectivity index (χ4v) is 1.95. The molecule has 0 spiro atoms. The predicted molar refractivity (Wildman–Crippen MR) is 73.6 cm³/mol. The monoisotopic (exact) mass is 253 g/mol. The molecule has 0 aliphatic carbocycles. The summed E-state index contributed by atoms with van der Waals surface area (Å²) < 4.78 is 0. The first-order chi connectivity index (χ1) is 8.09. The zero-order valence-corrected chi connectivity index (χ0v) is 11.5. The lowest BCUT2D eigenvalue weighted by atomic mass is 10.00. The third kappa shape index (κ3) is 3.01. The van der Waals surface area contributed by atoms with Gasteiger partial charge in [0.2, 0.25) is 5.91 Å². The van der Waals surface area contributed by atoms with Crippen LogP contribution in [0.2, 0.25) is 0 Å². The summed E-state index contributed by atoms with van der Waals surface area (Å²) in [6.07, 6.45) is 1.29. The van der Waals surface area contributed by atoms with Gasteiger partial charge in [0, 0.05) is 12.2 Å². The molecule has 0 aliphatic heterocycles. The first kappa shape index (κ1) is 14.0. The molecule has 3 heteroatoms. The second-order valence-electron chi connectivity index (χ2n) is 4.06. The quantitative estimate of drug-likeness (QED) is 0.731. The Morgan fingerprint density at radius 3 is 2.12 bits per heavy atom. The SMILES string of the molecule is CCN(C(=O)C(Cl)(CC)CC)c1ccccc1. The summed E-state index contributed by atoms with van der Waals surface area (Å²) in [5.74, 6) is -0.00198. The van der Waals surface area contributed by atoms with Gasteiger partial charge >= 0.3 is 0 Å². The van der Waals surface area contributed by atoms with Gasteiger partial charge in [-0.3, -0.25) is 4.79 Å². The largest absolute Gasteiger partial charge is 0.311 e. The molecular weight excluding hydrogens is 234 g/mol. The van der Waals surface area contributed by atoms with Gasteiger partial charge in [-0.05, 0) is 31.9 Å². The zero-order valence-electron chi connectivity index (χ0n) is 10.7. The molecular formula is C14H20ClNO. The molecule has 1 aromatic carbocycles. The summed E-state index contributed by atoms with van der Waals surface area (Å²) >= 11 is 6.39. The topological polar surface area (TPSA) is 20.3 Å². The molecule has 0 N–H and O–H groups in total. The van der Waals surface area contributed by atoms with Crippen molar-refractivity contribution in [1.29, 1.82) is 0 Å². The van der Waals surface area contributed by atoms with Gasteiger partial charge in [-0.25, -0.2) is 0 Å². The maximum Gasteiger partial charge on any atom is 0.248 e. The van der Waals surface area contributed by atoms with Crippen molar-refractivity contribution in [2.24, 2.45) is 0 Å². The summed E-state index contributed by atoms with van der Waals surface area (Å²) in [5.41, 5.74) is 0.909. The van der Waals surface area contributed by atoms with E-state index in [-0.39, 0.29) is 5.91 Å². The molecule has 0 unspecified atom stereocenters. The Bertz CT molecular complexity index is 360. The fourth-order valence-electron chi connectivity index (χ4n) is 1.85. The minimum Gasteiger partial charge on any atom is -0.311 e. The Labute approximate surface area is 109 Å². The van der Waals surface area contributed by atoms with Crippen LogP contribution < -0.4 is 4.90 Å². The van der Waals surface area contributed by atoms with Gasteiger partial charge in [0.1, 0.15) is 4.87 Å². The number of anilines is 1. The molecule has 0 saturated heterocycles. The molecule has 0 radical (unpaired) electrons. The van der Waals surface area contributed by atoms with Crippen molar-refractivity contribution in [3.05, 3.63) is 30.3 Å². The molecule has 2 nitrogen and oxygen atoms in total. The van der Waals surface area contributed by atoms with Crippen LogP contribution in [0, 0.1) is 0 Å². The van der Waals surface area contributed by atoms with Crippen LogP contribution in [0.15, 0.2) is 30.3 Å². The number of hydrogen-bond acceptors (Lipinski definition) is 1. The maximum absolute atomic E-state index is 12.5. The Kier molecular flexibility index (Phi) is 5.01. The van der Waals surface area contributed by atoms with E-state index in [4.69, 9.17) is 11.6 Å². The summed E-state index contributed by atoms with van der Waals surface area (Å²) in [4.78, 5) is 13.4. The lowest BCUT2D eigenvalue weighted by molar-refractivity contribution is -0.121. The average Bonchev–Trinajstić information content (AvgIpc) is 2.39. The Balaban J connectivity index is 3.00. The van der Waals surface area contributed by atoms with Crippen molar-refractivity contribution in [2.45, 2.75) is 38.5 Å². The van der Waals surface area contributed by atoms with Gasteiger partial charge in [-0.15, -0.1) is 11.6 Å². The number of halogens is 1. The highest BCUT2D eigenvalue weighted by atomic mass is 35.5. The van der Waals surface area contributed by atoms with Gasteiger partial charge in [0.15, 0.2) is 0 Å². The second-order valence-corrected chi connectivity index (χ2v) is 4.78. The minimum atomic E-state index is -0.772. The number of carbonyl (C=O) groups excluding carboxylic acids is 1. The van der Waals surface area contributed by atoms with Crippen LogP contribution in [-0.4, -0.2) is 17.3 Å². The van der Waals surface area contributed by atoms with Crippen molar-refractivity contribution >= 4 is 23.2 Å². The summed E-state index contributed by atoms with van der Waals surface area (Å²) in [6, 6.07) is 9.67. The van der Waals surface area contributed by atoms with Gasteiger partial charge in [-0.2, -0.15) is 0 Å². The van der Waals surface area contributed by atoms with E-state index in [0.717, 1.165) is 5.69 Å². The molecule has 1 aromatic rings. The first-order valence-electron chi connectivity index (χ1n) is 6.15. The number of rotatable bonds is 5. The van der Waals surface area contributed by atoms with Crippen molar-refractivity contribution < 1.29 is 4.79 Å². The molecule has 1 rings (SSSR count).